The minimum atomic E-state index is -0.310. The Kier molecular flexibility index (Phi) is 10.1. The van der Waals surface area contributed by atoms with Gasteiger partial charge in [-0.3, -0.25) is 9.59 Å². The monoisotopic (exact) mass is 622 g/mol. The third-order valence-corrected chi connectivity index (χ3v) is 7.51. The van der Waals surface area contributed by atoms with Crippen LogP contribution >= 0.6 is 46.4 Å². The molecule has 8 nitrogen and oxygen atoms in total. The average Bonchev–Trinajstić information content (AvgIpc) is 3.47. The summed E-state index contributed by atoms with van der Waals surface area (Å²) >= 11 is 25.2. The molecule has 2 amide bonds. The largest absolute Gasteiger partial charge is 0.360 e. The van der Waals surface area contributed by atoms with Crippen molar-refractivity contribution in [2.45, 2.75) is 39.5 Å². The maximum Gasteiger partial charge on any atom is 0.257 e. The molecular formula is C28H26Cl4N4O4. The van der Waals surface area contributed by atoms with Crippen molar-refractivity contribution in [1.82, 2.24) is 20.9 Å². The highest BCUT2D eigenvalue weighted by Crippen LogP contribution is 2.38. The van der Waals surface area contributed by atoms with Gasteiger partial charge in [-0.2, -0.15) is 0 Å². The summed E-state index contributed by atoms with van der Waals surface area (Å²) in [6, 6.07) is 10.1. The first-order valence-electron chi connectivity index (χ1n) is 12.6. The summed E-state index contributed by atoms with van der Waals surface area (Å²) in [5.41, 5.74) is 2.14. The lowest BCUT2D eigenvalue weighted by Crippen LogP contribution is -2.26. The molecule has 40 heavy (non-hydrogen) atoms. The normalized spacial score (nSPS) is 11.1. The summed E-state index contributed by atoms with van der Waals surface area (Å²) in [6.07, 6.45) is 3.22. The molecule has 0 saturated heterocycles. The summed E-state index contributed by atoms with van der Waals surface area (Å²) < 4.78 is 10.5. The Balaban J connectivity index is 1.23. The molecule has 2 heterocycles. The molecule has 0 aliphatic carbocycles. The summed E-state index contributed by atoms with van der Waals surface area (Å²) in [4.78, 5) is 25.8. The van der Waals surface area contributed by atoms with E-state index in [-0.39, 0.29) is 11.8 Å². The second-order valence-corrected chi connectivity index (χ2v) is 10.7. The van der Waals surface area contributed by atoms with E-state index in [4.69, 9.17) is 55.4 Å². The topological polar surface area (TPSA) is 110 Å². The van der Waals surface area contributed by atoms with Crippen LogP contribution in [0.15, 0.2) is 45.4 Å². The van der Waals surface area contributed by atoms with Crippen molar-refractivity contribution in [3.05, 3.63) is 79.1 Å². The van der Waals surface area contributed by atoms with Gasteiger partial charge < -0.3 is 19.7 Å². The van der Waals surface area contributed by atoms with Crippen LogP contribution in [0.5, 0.6) is 0 Å². The fraction of sp³-hybridized carbons (Fsp3) is 0.286. The first-order valence-corrected chi connectivity index (χ1v) is 14.1. The Hall–Kier alpha value is -3.04. The number of carbonyl (C=O) groups is 2. The number of nitrogens with one attached hydrogen (secondary N) is 2. The molecule has 0 unspecified atom stereocenters. The lowest BCUT2D eigenvalue weighted by molar-refractivity contribution is 0.0942. The predicted molar refractivity (Wildman–Crippen MR) is 157 cm³/mol. The highest BCUT2D eigenvalue weighted by Gasteiger charge is 2.26. The fourth-order valence-corrected chi connectivity index (χ4v) is 5.41. The molecular weight excluding hydrogens is 598 g/mol. The SMILES string of the molecule is Cc1onc(-c2c(Cl)cccc2Cl)c1C(=O)NCCCCCCNC(=O)c1c(-c2c(Cl)cccc2Cl)noc1C. The molecule has 2 N–H and O–H groups in total. The molecule has 0 radical (unpaired) electrons. The van der Waals surface area contributed by atoms with Gasteiger partial charge in [0.25, 0.3) is 11.8 Å². The van der Waals surface area contributed by atoms with Crippen molar-refractivity contribution in [2.75, 3.05) is 13.1 Å². The molecule has 12 heteroatoms. The number of unbranched alkanes of at least 4 members (excludes halogenated alkanes) is 3. The average molecular weight is 624 g/mol. The number of halogens is 4. The molecule has 0 atom stereocenters. The van der Waals surface area contributed by atoms with E-state index in [1.165, 1.54) is 0 Å². The van der Waals surface area contributed by atoms with Gasteiger partial charge in [-0.05, 0) is 51.0 Å². The van der Waals surface area contributed by atoms with Crippen LogP contribution in [0.2, 0.25) is 20.1 Å². The highest BCUT2D eigenvalue weighted by molar-refractivity contribution is 6.40. The number of rotatable bonds is 11. The van der Waals surface area contributed by atoms with E-state index in [1.807, 2.05) is 0 Å². The second-order valence-electron chi connectivity index (χ2n) is 9.04. The minimum absolute atomic E-state index is 0.305. The number of carbonyl (C=O) groups excluding carboxylic acids is 2. The van der Waals surface area contributed by atoms with Crippen molar-refractivity contribution < 1.29 is 18.6 Å². The number of aromatic nitrogens is 2. The third kappa shape index (κ3) is 6.63. The van der Waals surface area contributed by atoms with Crippen molar-refractivity contribution >= 4 is 58.2 Å². The van der Waals surface area contributed by atoms with E-state index in [0.29, 0.717) is 78.3 Å². The first kappa shape index (κ1) is 29.9. The molecule has 0 fully saturated rings. The molecule has 0 spiro atoms. The first-order chi connectivity index (χ1) is 19.2. The Morgan fingerprint density at radius 3 is 1.35 bits per heavy atom. The number of hydrogen-bond acceptors (Lipinski definition) is 6. The number of amides is 2. The van der Waals surface area contributed by atoms with Crippen LogP contribution in [0, 0.1) is 13.8 Å². The summed E-state index contributed by atoms with van der Waals surface area (Å²) in [7, 11) is 0. The minimum Gasteiger partial charge on any atom is -0.360 e. The maximum absolute atomic E-state index is 12.9. The molecule has 4 aromatic rings. The maximum atomic E-state index is 12.9. The van der Waals surface area contributed by atoms with Crippen LogP contribution in [-0.2, 0) is 0 Å². The van der Waals surface area contributed by atoms with Crippen LogP contribution < -0.4 is 10.6 Å². The zero-order chi connectivity index (χ0) is 28.8. The smallest absolute Gasteiger partial charge is 0.257 e. The van der Waals surface area contributed by atoms with Gasteiger partial charge in [0, 0.05) is 24.2 Å². The quantitative estimate of drug-likeness (QED) is 0.164. The van der Waals surface area contributed by atoms with E-state index in [1.54, 1.807) is 50.2 Å². The summed E-state index contributed by atoms with van der Waals surface area (Å²) in [5.74, 6) is 0.135. The zero-order valence-corrected chi connectivity index (χ0v) is 24.8. The van der Waals surface area contributed by atoms with Crippen molar-refractivity contribution in [1.29, 1.82) is 0 Å². The lowest BCUT2D eigenvalue weighted by atomic mass is 10.1. The Morgan fingerprint density at radius 1 is 0.650 bits per heavy atom. The van der Waals surface area contributed by atoms with E-state index in [2.05, 4.69) is 20.9 Å². The molecule has 4 rings (SSSR count). The summed E-state index contributed by atoms with van der Waals surface area (Å²) in [5, 5.41) is 15.4. The van der Waals surface area contributed by atoms with E-state index >= 15 is 0 Å². The van der Waals surface area contributed by atoms with Gasteiger partial charge in [-0.1, -0.05) is 81.7 Å². The molecule has 210 valence electrons. The van der Waals surface area contributed by atoms with Gasteiger partial charge in [0.1, 0.15) is 34.0 Å². The fourth-order valence-electron chi connectivity index (χ4n) is 4.25. The zero-order valence-electron chi connectivity index (χ0n) is 21.7. The van der Waals surface area contributed by atoms with Crippen molar-refractivity contribution in [2.24, 2.45) is 0 Å². The standard InChI is InChI=1S/C28H26Cl4N4O4/c1-15-21(25(35-39-15)23-17(29)9-7-10-18(23)30)27(37)33-13-5-3-4-6-14-34-28(38)22-16(2)40-36-26(22)24-19(31)11-8-12-20(24)32/h7-12H,3-6,13-14H2,1-2H3,(H,33,37)(H,34,38). The van der Waals surface area contributed by atoms with E-state index < -0.39 is 0 Å². The molecule has 0 bridgehead atoms. The summed E-state index contributed by atoms with van der Waals surface area (Å²) in [6.45, 7) is 4.26. The van der Waals surface area contributed by atoms with Gasteiger partial charge in [0.05, 0.1) is 20.1 Å². The second kappa shape index (κ2) is 13.5. The van der Waals surface area contributed by atoms with Gasteiger partial charge in [-0.15, -0.1) is 0 Å². The molecule has 2 aromatic heterocycles. The Labute approximate surface area is 251 Å². The third-order valence-electron chi connectivity index (χ3n) is 6.25. The van der Waals surface area contributed by atoms with E-state index in [9.17, 15) is 9.59 Å². The van der Waals surface area contributed by atoms with Gasteiger partial charge in [0.2, 0.25) is 0 Å². The number of nitrogens with zero attached hydrogens (tertiary/aromatic N) is 2. The van der Waals surface area contributed by atoms with Gasteiger partial charge >= 0.3 is 0 Å². The predicted octanol–water partition coefficient (Wildman–Crippen LogP) is 7.95. The molecule has 0 saturated carbocycles. The molecule has 0 aliphatic heterocycles. The Bertz CT molecular complexity index is 1380. The van der Waals surface area contributed by atoms with Crippen molar-refractivity contribution in [3.63, 3.8) is 0 Å². The lowest BCUT2D eigenvalue weighted by Gasteiger charge is -2.09. The van der Waals surface area contributed by atoms with Crippen LogP contribution in [0.1, 0.15) is 57.9 Å². The molecule has 2 aromatic carbocycles. The number of hydrogen-bond donors (Lipinski definition) is 2. The van der Waals surface area contributed by atoms with Crippen LogP contribution in [0.3, 0.4) is 0 Å². The van der Waals surface area contributed by atoms with Gasteiger partial charge in [0.15, 0.2) is 0 Å². The number of benzene rings is 2. The van der Waals surface area contributed by atoms with Crippen LogP contribution in [0.4, 0.5) is 0 Å². The highest BCUT2D eigenvalue weighted by atomic mass is 35.5. The van der Waals surface area contributed by atoms with Crippen LogP contribution in [0.25, 0.3) is 22.5 Å². The molecule has 0 aliphatic rings. The van der Waals surface area contributed by atoms with E-state index in [0.717, 1.165) is 25.7 Å². The number of aryl methyl sites for hydroxylation is 2. The Morgan fingerprint density at radius 2 is 1.00 bits per heavy atom. The van der Waals surface area contributed by atoms with Crippen LogP contribution in [-0.4, -0.2) is 35.2 Å². The van der Waals surface area contributed by atoms with Crippen molar-refractivity contribution in [3.8, 4) is 22.5 Å². The van der Waals surface area contributed by atoms with Gasteiger partial charge in [-0.25, -0.2) is 0 Å².